The molecule has 0 radical (unpaired) electrons. The van der Waals surface area contributed by atoms with E-state index in [2.05, 4.69) is 48.0 Å². The maximum atomic E-state index is 13.1. The first-order chi connectivity index (χ1) is 23.4. The molecule has 0 fully saturated rings. The van der Waals surface area contributed by atoms with E-state index in [0.29, 0.717) is 38.5 Å². The zero-order valence-corrected chi connectivity index (χ0v) is 32.5. The molecule has 0 atom stereocenters. The molecular weight excluding hydrogens is 638 g/mol. The monoisotopic (exact) mass is 701 g/mol. The molecule has 0 saturated heterocycles. The van der Waals surface area contributed by atoms with Crippen LogP contribution in [0, 0.1) is 5.41 Å². The SMILES string of the molecule is COCOc1ccccc1CN(CCN(Cc1cc(CCCNC(=O)OC(C)(C)C)ccc1OCOC)CC(C)(C)C)CC(=O)OC(C)(C)C. The highest BCUT2D eigenvalue weighted by Gasteiger charge is 2.23. The van der Waals surface area contributed by atoms with Crippen LogP contribution in [0.25, 0.3) is 0 Å². The third-order valence-electron chi connectivity index (χ3n) is 7.06. The normalized spacial score (nSPS) is 12.3. The number of carbonyl (C=O) groups excluding carboxylic acids is 2. The van der Waals surface area contributed by atoms with Crippen molar-refractivity contribution in [3.05, 3.63) is 59.2 Å². The van der Waals surface area contributed by atoms with Crippen LogP contribution in [-0.4, -0.2) is 93.6 Å². The number of hydrogen-bond donors (Lipinski definition) is 1. The maximum absolute atomic E-state index is 13.1. The van der Waals surface area contributed by atoms with Gasteiger partial charge >= 0.3 is 12.1 Å². The van der Waals surface area contributed by atoms with Gasteiger partial charge < -0.3 is 33.7 Å². The minimum Gasteiger partial charge on any atom is -0.467 e. The molecule has 0 heterocycles. The van der Waals surface area contributed by atoms with Crippen LogP contribution >= 0.6 is 0 Å². The lowest BCUT2D eigenvalue weighted by Crippen LogP contribution is -2.41. The fraction of sp³-hybridized carbons (Fsp3) is 0.641. The van der Waals surface area contributed by atoms with Crippen LogP contribution in [0.15, 0.2) is 42.5 Å². The summed E-state index contributed by atoms with van der Waals surface area (Å²) in [7, 11) is 3.20. The fourth-order valence-electron chi connectivity index (χ4n) is 5.29. The fourth-order valence-corrected chi connectivity index (χ4v) is 5.29. The summed E-state index contributed by atoms with van der Waals surface area (Å²) in [5, 5.41) is 2.84. The van der Waals surface area contributed by atoms with Crippen LogP contribution < -0.4 is 14.8 Å². The van der Waals surface area contributed by atoms with Crippen molar-refractivity contribution < 1.29 is 38.0 Å². The number of para-hydroxylation sites is 1. The third kappa shape index (κ3) is 18.6. The van der Waals surface area contributed by atoms with E-state index in [-0.39, 0.29) is 31.5 Å². The van der Waals surface area contributed by atoms with E-state index >= 15 is 0 Å². The summed E-state index contributed by atoms with van der Waals surface area (Å²) in [6.45, 7) is 22.0. The van der Waals surface area contributed by atoms with Crippen LogP contribution in [-0.2, 0) is 43.3 Å². The number of nitrogens with one attached hydrogen (secondary N) is 1. The molecule has 0 spiro atoms. The van der Waals surface area contributed by atoms with E-state index in [0.717, 1.165) is 41.8 Å². The molecule has 0 aromatic heterocycles. The lowest BCUT2D eigenvalue weighted by Gasteiger charge is -2.33. The van der Waals surface area contributed by atoms with E-state index in [1.54, 1.807) is 14.2 Å². The zero-order chi connectivity index (χ0) is 37.4. The van der Waals surface area contributed by atoms with E-state index in [4.69, 9.17) is 28.4 Å². The number of rotatable bonds is 20. The number of aryl methyl sites for hydroxylation is 1. The Labute approximate surface area is 300 Å². The number of alkyl carbamates (subject to hydrolysis) is 1. The van der Waals surface area contributed by atoms with Crippen molar-refractivity contribution >= 4 is 12.1 Å². The Morgan fingerprint density at radius 1 is 0.720 bits per heavy atom. The van der Waals surface area contributed by atoms with Gasteiger partial charge in [0.2, 0.25) is 0 Å². The van der Waals surface area contributed by atoms with Crippen LogP contribution in [0.4, 0.5) is 4.79 Å². The van der Waals surface area contributed by atoms with Crippen molar-refractivity contribution in [3.63, 3.8) is 0 Å². The Hall–Kier alpha value is -3.38. The number of esters is 1. The van der Waals surface area contributed by atoms with Gasteiger partial charge in [0.1, 0.15) is 22.7 Å². The summed E-state index contributed by atoms with van der Waals surface area (Å²) < 4.78 is 33.3. The first-order valence-corrected chi connectivity index (χ1v) is 17.4. The first kappa shape index (κ1) is 42.8. The lowest BCUT2D eigenvalue weighted by atomic mass is 9.95. The minimum absolute atomic E-state index is 0.00901. The van der Waals surface area contributed by atoms with E-state index in [1.165, 1.54) is 0 Å². The number of amides is 1. The Kier molecular flexibility index (Phi) is 17.5. The van der Waals surface area contributed by atoms with E-state index in [1.807, 2.05) is 71.9 Å². The molecule has 1 N–H and O–H groups in total. The van der Waals surface area contributed by atoms with Gasteiger partial charge in [-0.3, -0.25) is 14.6 Å². The molecule has 11 nitrogen and oxygen atoms in total. The molecule has 2 aromatic carbocycles. The quantitative estimate of drug-likeness (QED) is 0.0900. The second-order valence-electron chi connectivity index (χ2n) is 15.8. The van der Waals surface area contributed by atoms with Crippen molar-refractivity contribution in [1.82, 2.24) is 15.1 Å². The molecule has 0 aliphatic heterocycles. The van der Waals surface area contributed by atoms with Crippen molar-refractivity contribution in [1.29, 1.82) is 0 Å². The van der Waals surface area contributed by atoms with Crippen molar-refractivity contribution in [3.8, 4) is 11.5 Å². The molecule has 2 rings (SSSR count). The largest absolute Gasteiger partial charge is 0.467 e. The highest BCUT2D eigenvalue weighted by Crippen LogP contribution is 2.26. The van der Waals surface area contributed by atoms with Crippen molar-refractivity contribution in [2.45, 2.75) is 99.4 Å². The van der Waals surface area contributed by atoms with Crippen molar-refractivity contribution in [2.75, 3.05) is 60.5 Å². The average Bonchev–Trinajstić information content (AvgIpc) is 2.98. The molecule has 50 heavy (non-hydrogen) atoms. The van der Waals surface area contributed by atoms with E-state index < -0.39 is 17.3 Å². The number of hydrogen-bond acceptors (Lipinski definition) is 10. The molecule has 0 aliphatic carbocycles. The molecule has 2 aromatic rings. The Morgan fingerprint density at radius 2 is 1.30 bits per heavy atom. The molecule has 0 bridgehead atoms. The Balaban J connectivity index is 2.28. The van der Waals surface area contributed by atoms with Gasteiger partial charge in [0.15, 0.2) is 13.6 Å². The van der Waals surface area contributed by atoms with Crippen molar-refractivity contribution in [2.24, 2.45) is 5.41 Å². The van der Waals surface area contributed by atoms with Gasteiger partial charge in [-0.2, -0.15) is 0 Å². The standard InChI is InChI=1S/C39H63N3O8/c1-37(2,3)27-42(22-21-41(26-35(43)49-38(4,5)6)24-31-16-12-13-17-33(31)47-28-45-10)25-32-23-30(18-19-34(32)48-29-46-11)15-14-20-40-36(44)50-39(7,8)9/h12-13,16-19,23H,14-15,20-22,24-29H2,1-11H3,(H,40,44). The summed E-state index contributed by atoms with van der Waals surface area (Å²) in [5.74, 6) is 1.20. The van der Waals surface area contributed by atoms with Gasteiger partial charge in [-0.25, -0.2) is 4.79 Å². The van der Waals surface area contributed by atoms with Crippen LogP contribution in [0.3, 0.4) is 0 Å². The van der Waals surface area contributed by atoms with Gasteiger partial charge in [0.05, 0.1) is 6.54 Å². The number of nitrogens with zero attached hydrogens (tertiary/aromatic N) is 2. The zero-order valence-electron chi connectivity index (χ0n) is 32.5. The average molecular weight is 702 g/mol. The predicted octanol–water partition coefficient (Wildman–Crippen LogP) is 6.80. The van der Waals surface area contributed by atoms with E-state index in [9.17, 15) is 9.59 Å². The van der Waals surface area contributed by atoms with Gasteiger partial charge in [0, 0.05) is 64.6 Å². The topological polar surface area (TPSA) is 108 Å². The van der Waals surface area contributed by atoms with Gasteiger partial charge in [-0.05, 0) is 77.5 Å². The van der Waals surface area contributed by atoms with Gasteiger partial charge in [-0.15, -0.1) is 0 Å². The molecule has 1 amide bonds. The number of methoxy groups -OCH3 is 2. The first-order valence-electron chi connectivity index (χ1n) is 17.4. The number of ether oxygens (including phenoxy) is 6. The van der Waals surface area contributed by atoms with Gasteiger partial charge in [-0.1, -0.05) is 51.1 Å². The Morgan fingerprint density at radius 3 is 1.90 bits per heavy atom. The molecular formula is C39H63N3O8. The maximum Gasteiger partial charge on any atom is 0.407 e. The third-order valence-corrected chi connectivity index (χ3v) is 7.06. The molecule has 0 saturated carbocycles. The molecule has 0 unspecified atom stereocenters. The highest BCUT2D eigenvalue weighted by atomic mass is 16.7. The second kappa shape index (κ2) is 20.5. The predicted molar refractivity (Wildman–Crippen MR) is 196 cm³/mol. The molecule has 282 valence electrons. The van der Waals surface area contributed by atoms with Crippen LogP contribution in [0.5, 0.6) is 11.5 Å². The molecule has 11 heteroatoms. The number of carbonyl (C=O) groups is 2. The Bertz CT molecular complexity index is 1310. The minimum atomic E-state index is -0.587. The lowest BCUT2D eigenvalue weighted by molar-refractivity contribution is -0.156. The summed E-state index contributed by atoms with van der Waals surface area (Å²) in [6, 6.07) is 14.0. The van der Waals surface area contributed by atoms with Gasteiger partial charge in [0.25, 0.3) is 0 Å². The number of benzene rings is 2. The second-order valence-corrected chi connectivity index (χ2v) is 15.8. The summed E-state index contributed by atoms with van der Waals surface area (Å²) >= 11 is 0. The van der Waals surface area contributed by atoms with Crippen LogP contribution in [0.1, 0.15) is 85.4 Å². The summed E-state index contributed by atoms with van der Waals surface area (Å²) in [5.41, 5.74) is 2.03. The highest BCUT2D eigenvalue weighted by molar-refractivity contribution is 5.72. The van der Waals surface area contributed by atoms with Crippen LogP contribution in [0.2, 0.25) is 0 Å². The smallest absolute Gasteiger partial charge is 0.407 e. The summed E-state index contributed by atoms with van der Waals surface area (Å²) in [4.78, 5) is 29.7. The molecule has 0 aliphatic rings. The summed E-state index contributed by atoms with van der Waals surface area (Å²) in [6.07, 6.45) is 1.13.